The monoisotopic (exact) mass is 439 g/mol. The van der Waals surface area contributed by atoms with Crippen molar-refractivity contribution >= 4 is 55.1 Å². The summed E-state index contributed by atoms with van der Waals surface area (Å²) in [4.78, 5) is 0. The lowest BCUT2D eigenvalue weighted by molar-refractivity contribution is 0.337. The van der Waals surface area contributed by atoms with Crippen LogP contribution in [0.3, 0.4) is 0 Å². The molecular weight excluding hydrogens is 429 g/mol. The lowest BCUT2D eigenvalue weighted by Crippen LogP contribution is -1.95. The first-order valence-corrected chi connectivity index (χ1v) is 8.51. The predicted octanol–water partition coefficient (Wildman–Crippen LogP) is 6.33. The third-order valence-corrected chi connectivity index (χ3v) is 4.20. The summed E-state index contributed by atoms with van der Waals surface area (Å²) in [5.74, 6) is 0.715. The van der Waals surface area contributed by atoms with Crippen LogP contribution in [0.15, 0.2) is 45.3 Å². The molecule has 0 heterocycles. The van der Waals surface area contributed by atoms with Crippen LogP contribution in [0.25, 0.3) is 11.6 Å². The fraction of sp³-hybridized carbons (Fsp3) is 0.118. The van der Waals surface area contributed by atoms with Crippen molar-refractivity contribution in [2.75, 3.05) is 6.61 Å². The second-order valence-corrected chi connectivity index (χ2v) is 6.62. The number of hydrogen-bond acceptors (Lipinski definition) is 2. The van der Waals surface area contributed by atoms with Crippen LogP contribution in [0.1, 0.15) is 18.1 Å². The molecule has 0 aliphatic carbocycles. The lowest BCUT2D eigenvalue weighted by Gasteiger charge is -2.11. The molecule has 0 aromatic heterocycles. The van der Waals surface area contributed by atoms with Gasteiger partial charge in [0.25, 0.3) is 0 Å². The number of allylic oxidation sites excluding steroid dienone is 1. The number of halogens is 3. The van der Waals surface area contributed by atoms with Crippen LogP contribution in [0.2, 0.25) is 5.02 Å². The number of benzene rings is 2. The van der Waals surface area contributed by atoms with Crippen molar-refractivity contribution in [1.29, 1.82) is 5.26 Å². The molecule has 22 heavy (non-hydrogen) atoms. The normalized spacial score (nSPS) is 11.1. The molecule has 0 radical (unpaired) electrons. The minimum atomic E-state index is 0.544. The first-order chi connectivity index (χ1) is 10.5. The number of ether oxygens (including phenoxy) is 1. The summed E-state index contributed by atoms with van der Waals surface area (Å²) in [5.41, 5.74) is 2.18. The Morgan fingerprint density at radius 2 is 1.95 bits per heavy atom. The molecule has 112 valence electrons. The Bertz CT molecular complexity index is 748. The fourth-order valence-corrected chi connectivity index (χ4v) is 3.45. The number of rotatable bonds is 4. The van der Waals surface area contributed by atoms with Crippen molar-refractivity contribution < 1.29 is 4.74 Å². The molecule has 2 aromatic carbocycles. The highest BCUT2D eigenvalue weighted by Gasteiger charge is 2.10. The standard InChI is InChI=1S/C17H12Br2ClNO/c1-2-22-17-12(8-14(18)9-16(17)19)7-13(10-21)11-3-5-15(20)6-4-11/h3-9H,2H2,1H3/b13-7+. The Morgan fingerprint density at radius 1 is 1.27 bits per heavy atom. The Labute approximate surface area is 151 Å². The Balaban J connectivity index is 2.54. The van der Waals surface area contributed by atoms with Crippen LogP contribution in [0.5, 0.6) is 5.75 Å². The van der Waals surface area contributed by atoms with Crippen molar-refractivity contribution in [3.8, 4) is 11.8 Å². The maximum atomic E-state index is 9.45. The molecule has 0 saturated carbocycles. The average molecular weight is 442 g/mol. The zero-order valence-corrected chi connectivity index (χ0v) is 15.7. The summed E-state index contributed by atoms with van der Waals surface area (Å²) in [6.45, 7) is 2.47. The third-order valence-electron chi connectivity index (χ3n) is 2.90. The summed E-state index contributed by atoms with van der Waals surface area (Å²) in [6.07, 6.45) is 1.81. The van der Waals surface area contributed by atoms with E-state index in [0.29, 0.717) is 23.0 Å². The van der Waals surface area contributed by atoms with Gasteiger partial charge in [0, 0.05) is 15.1 Å². The smallest absolute Gasteiger partial charge is 0.140 e. The first kappa shape index (κ1) is 17.1. The van der Waals surface area contributed by atoms with Crippen molar-refractivity contribution in [2.24, 2.45) is 0 Å². The molecule has 0 aliphatic heterocycles. The predicted molar refractivity (Wildman–Crippen MR) is 97.9 cm³/mol. The molecule has 5 heteroatoms. The van der Waals surface area contributed by atoms with Crippen molar-refractivity contribution in [1.82, 2.24) is 0 Å². The molecule has 2 rings (SSSR count). The van der Waals surface area contributed by atoms with Crippen LogP contribution in [-0.2, 0) is 0 Å². The molecule has 0 fully saturated rings. The summed E-state index contributed by atoms with van der Waals surface area (Å²) in [6, 6.07) is 13.2. The second kappa shape index (κ2) is 7.82. The van der Waals surface area contributed by atoms with Gasteiger partial charge in [-0.05, 0) is 58.8 Å². The molecule has 0 unspecified atom stereocenters. The first-order valence-electron chi connectivity index (χ1n) is 6.54. The maximum absolute atomic E-state index is 9.45. The van der Waals surface area contributed by atoms with Gasteiger partial charge < -0.3 is 4.74 Å². The highest BCUT2D eigenvalue weighted by atomic mass is 79.9. The van der Waals surface area contributed by atoms with Gasteiger partial charge in [0.15, 0.2) is 0 Å². The zero-order valence-electron chi connectivity index (χ0n) is 11.7. The van der Waals surface area contributed by atoms with E-state index >= 15 is 0 Å². The highest BCUT2D eigenvalue weighted by molar-refractivity contribution is 9.11. The summed E-state index contributed by atoms with van der Waals surface area (Å²) < 4.78 is 7.42. The van der Waals surface area contributed by atoms with Gasteiger partial charge in [0.05, 0.1) is 22.7 Å². The average Bonchev–Trinajstić information content (AvgIpc) is 2.49. The largest absolute Gasteiger partial charge is 0.492 e. The topological polar surface area (TPSA) is 33.0 Å². The number of nitrogens with zero attached hydrogens (tertiary/aromatic N) is 1. The highest BCUT2D eigenvalue weighted by Crippen LogP contribution is 2.35. The fourth-order valence-electron chi connectivity index (χ4n) is 1.95. The molecular formula is C17H12Br2ClNO. The van der Waals surface area contributed by atoms with Gasteiger partial charge >= 0.3 is 0 Å². The Morgan fingerprint density at radius 3 is 2.55 bits per heavy atom. The Kier molecular flexibility index (Phi) is 6.07. The van der Waals surface area contributed by atoms with Crippen LogP contribution < -0.4 is 4.74 Å². The quantitative estimate of drug-likeness (QED) is 0.410. The van der Waals surface area contributed by atoms with E-state index in [-0.39, 0.29) is 0 Å². The van der Waals surface area contributed by atoms with Gasteiger partial charge in [0.1, 0.15) is 5.75 Å². The van der Waals surface area contributed by atoms with E-state index in [1.807, 2.05) is 37.3 Å². The SMILES string of the molecule is CCOc1c(Br)cc(Br)cc1/C=C(\C#N)c1ccc(Cl)cc1. The van der Waals surface area contributed by atoms with Crippen molar-refractivity contribution in [3.63, 3.8) is 0 Å². The minimum Gasteiger partial charge on any atom is -0.492 e. The molecule has 0 amide bonds. The third kappa shape index (κ3) is 4.13. The van der Waals surface area contributed by atoms with E-state index in [4.69, 9.17) is 16.3 Å². The molecule has 0 atom stereocenters. The maximum Gasteiger partial charge on any atom is 0.140 e. The van der Waals surface area contributed by atoms with E-state index in [0.717, 1.165) is 20.1 Å². The van der Waals surface area contributed by atoms with E-state index < -0.39 is 0 Å². The van der Waals surface area contributed by atoms with Crippen LogP contribution in [0, 0.1) is 11.3 Å². The molecule has 2 nitrogen and oxygen atoms in total. The number of nitriles is 1. The summed E-state index contributed by atoms with van der Waals surface area (Å²) in [5, 5.41) is 10.1. The second-order valence-electron chi connectivity index (χ2n) is 4.42. The van der Waals surface area contributed by atoms with E-state index in [9.17, 15) is 5.26 Å². The van der Waals surface area contributed by atoms with Gasteiger partial charge in [0.2, 0.25) is 0 Å². The van der Waals surface area contributed by atoms with Gasteiger partial charge in [-0.3, -0.25) is 0 Å². The Hall–Kier alpha value is -1.28. The lowest BCUT2D eigenvalue weighted by atomic mass is 10.0. The van der Waals surface area contributed by atoms with Gasteiger partial charge in [-0.15, -0.1) is 0 Å². The van der Waals surface area contributed by atoms with Crippen molar-refractivity contribution in [3.05, 3.63) is 61.5 Å². The molecule has 0 bridgehead atoms. The van der Waals surface area contributed by atoms with Crippen molar-refractivity contribution in [2.45, 2.75) is 6.92 Å². The molecule has 0 N–H and O–H groups in total. The minimum absolute atomic E-state index is 0.544. The van der Waals surface area contributed by atoms with Crippen LogP contribution in [0.4, 0.5) is 0 Å². The van der Waals surface area contributed by atoms with Crippen LogP contribution >= 0.6 is 43.5 Å². The molecule has 0 spiro atoms. The van der Waals surface area contributed by atoms with Gasteiger partial charge in [-0.2, -0.15) is 5.26 Å². The molecule has 2 aromatic rings. The van der Waals surface area contributed by atoms with E-state index in [1.165, 1.54) is 0 Å². The van der Waals surface area contributed by atoms with Gasteiger partial charge in [-0.25, -0.2) is 0 Å². The van der Waals surface area contributed by atoms with Crippen LogP contribution in [-0.4, -0.2) is 6.61 Å². The van der Waals surface area contributed by atoms with Gasteiger partial charge in [-0.1, -0.05) is 39.7 Å². The zero-order chi connectivity index (χ0) is 16.1. The van der Waals surface area contributed by atoms with E-state index in [1.54, 1.807) is 12.1 Å². The molecule has 0 saturated heterocycles. The van der Waals surface area contributed by atoms with E-state index in [2.05, 4.69) is 37.9 Å². The summed E-state index contributed by atoms with van der Waals surface area (Å²) >= 11 is 12.8. The summed E-state index contributed by atoms with van der Waals surface area (Å²) in [7, 11) is 0. The molecule has 0 aliphatic rings. The number of hydrogen-bond donors (Lipinski definition) is 0.